The maximum Gasteiger partial charge on any atom is 0.269 e. The first-order chi connectivity index (χ1) is 13.2. The number of thiazole rings is 2. The molecule has 0 fully saturated rings. The van der Waals surface area contributed by atoms with Crippen molar-refractivity contribution in [2.24, 2.45) is 5.41 Å². The number of carbonyl (C=O) groups excluding carboxylic acids is 2. The van der Waals surface area contributed by atoms with Crippen molar-refractivity contribution in [1.82, 2.24) is 9.97 Å². The SMILES string of the molecule is Cc1nc(-c2cccc(Cl)c2)sc1C(=O)Nc1nc2c(s1)C(=O)CC(C)(C)C2. The van der Waals surface area contributed by atoms with Crippen molar-refractivity contribution in [3.63, 3.8) is 0 Å². The number of anilines is 1. The average Bonchev–Trinajstić information content (AvgIpc) is 3.17. The number of nitrogens with one attached hydrogen (secondary N) is 1. The van der Waals surface area contributed by atoms with E-state index in [1.807, 2.05) is 18.2 Å². The van der Waals surface area contributed by atoms with Crippen LogP contribution in [0, 0.1) is 12.3 Å². The number of ketones is 1. The molecule has 2 aromatic heterocycles. The highest BCUT2D eigenvalue weighted by Crippen LogP contribution is 2.38. The van der Waals surface area contributed by atoms with E-state index in [-0.39, 0.29) is 17.1 Å². The summed E-state index contributed by atoms with van der Waals surface area (Å²) < 4.78 is 0. The molecule has 1 aliphatic carbocycles. The number of nitrogens with zero attached hydrogens (tertiary/aromatic N) is 2. The Balaban J connectivity index is 1.58. The fraction of sp³-hybridized carbons (Fsp3) is 0.300. The van der Waals surface area contributed by atoms with E-state index >= 15 is 0 Å². The van der Waals surface area contributed by atoms with Crippen LogP contribution in [-0.2, 0) is 6.42 Å². The van der Waals surface area contributed by atoms with E-state index in [4.69, 9.17) is 11.6 Å². The second-order valence-corrected chi connectivity index (χ2v) is 10.1. The van der Waals surface area contributed by atoms with Crippen LogP contribution in [-0.4, -0.2) is 21.7 Å². The maximum absolute atomic E-state index is 12.8. The lowest BCUT2D eigenvalue weighted by atomic mass is 9.78. The largest absolute Gasteiger partial charge is 0.297 e. The van der Waals surface area contributed by atoms with Crippen molar-refractivity contribution < 1.29 is 9.59 Å². The van der Waals surface area contributed by atoms with Gasteiger partial charge in [-0.3, -0.25) is 14.9 Å². The van der Waals surface area contributed by atoms with Crippen LogP contribution in [0.1, 0.15) is 51.0 Å². The molecule has 0 saturated carbocycles. The first-order valence-corrected chi connectivity index (χ1v) is 10.8. The molecule has 0 spiro atoms. The lowest BCUT2D eigenvalue weighted by molar-refractivity contribution is 0.0915. The maximum atomic E-state index is 12.8. The van der Waals surface area contributed by atoms with Crippen LogP contribution in [0.5, 0.6) is 0 Å². The zero-order valence-electron chi connectivity index (χ0n) is 15.6. The van der Waals surface area contributed by atoms with Gasteiger partial charge >= 0.3 is 0 Å². The Kier molecular flexibility index (Phi) is 4.85. The predicted molar refractivity (Wildman–Crippen MR) is 114 cm³/mol. The summed E-state index contributed by atoms with van der Waals surface area (Å²) in [6.07, 6.45) is 1.24. The van der Waals surface area contributed by atoms with E-state index in [0.29, 0.717) is 32.0 Å². The van der Waals surface area contributed by atoms with Gasteiger partial charge in [-0.2, -0.15) is 0 Å². The predicted octanol–water partition coefficient (Wildman–Crippen LogP) is 5.64. The Morgan fingerprint density at radius 3 is 2.75 bits per heavy atom. The van der Waals surface area contributed by atoms with Crippen molar-refractivity contribution in [3.8, 4) is 10.6 Å². The Labute approximate surface area is 175 Å². The van der Waals surface area contributed by atoms with Gasteiger partial charge in [-0.25, -0.2) is 9.97 Å². The van der Waals surface area contributed by atoms with Crippen LogP contribution < -0.4 is 5.32 Å². The summed E-state index contributed by atoms with van der Waals surface area (Å²) in [4.78, 5) is 35.3. The zero-order valence-corrected chi connectivity index (χ0v) is 18.0. The van der Waals surface area contributed by atoms with Gasteiger partial charge in [-0.05, 0) is 30.9 Å². The van der Waals surface area contributed by atoms with Crippen molar-refractivity contribution >= 4 is 51.1 Å². The van der Waals surface area contributed by atoms with Gasteiger partial charge in [0.1, 0.15) is 9.88 Å². The molecule has 0 aliphatic heterocycles. The van der Waals surface area contributed by atoms with Crippen molar-refractivity contribution in [2.45, 2.75) is 33.6 Å². The number of hydrogen-bond donors (Lipinski definition) is 1. The summed E-state index contributed by atoms with van der Waals surface area (Å²) in [5.74, 6) is -0.164. The molecule has 0 bridgehead atoms. The molecule has 144 valence electrons. The molecular formula is C20H18ClN3O2S2. The normalized spacial score (nSPS) is 15.4. The molecule has 1 amide bonds. The second kappa shape index (κ2) is 7.06. The quantitative estimate of drug-likeness (QED) is 0.582. The summed E-state index contributed by atoms with van der Waals surface area (Å²) in [6.45, 7) is 5.92. The van der Waals surface area contributed by atoms with Gasteiger partial charge in [0.05, 0.1) is 16.3 Å². The molecule has 0 saturated heterocycles. The van der Waals surface area contributed by atoms with Crippen molar-refractivity contribution in [2.75, 3.05) is 5.32 Å². The Morgan fingerprint density at radius 2 is 2.00 bits per heavy atom. The van der Waals surface area contributed by atoms with Gasteiger partial charge in [0, 0.05) is 17.0 Å². The van der Waals surface area contributed by atoms with E-state index in [9.17, 15) is 9.59 Å². The fourth-order valence-electron chi connectivity index (χ4n) is 3.28. The van der Waals surface area contributed by atoms with Gasteiger partial charge < -0.3 is 0 Å². The first kappa shape index (κ1) is 19.2. The molecule has 4 rings (SSSR count). The van der Waals surface area contributed by atoms with Gasteiger partial charge in [-0.1, -0.05) is 48.9 Å². The number of halogens is 1. The molecule has 1 aromatic carbocycles. The average molecular weight is 432 g/mol. The standard InChI is InChI=1S/C20H18ClN3O2S2/c1-10-15(27-18(22-10)11-5-4-6-12(21)7-11)17(26)24-19-23-13-8-20(2,3)9-14(25)16(13)28-19/h4-7H,8-9H2,1-3H3,(H,23,24,26). The van der Waals surface area contributed by atoms with Gasteiger partial charge in [-0.15, -0.1) is 11.3 Å². The van der Waals surface area contributed by atoms with Crippen LogP contribution >= 0.6 is 34.3 Å². The van der Waals surface area contributed by atoms with E-state index in [1.165, 1.54) is 22.7 Å². The molecule has 8 heteroatoms. The summed E-state index contributed by atoms with van der Waals surface area (Å²) in [6, 6.07) is 7.39. The smallest absolute Gasteiger partial charge is 0.269 e. The van der Waals surface area contributed by atoms with Crippen molar-refractivity contribution in [3.05, 3.63) is 50.4 Å². The number of aryl methyl sites for hydroxylation is 1. The fourth-order valence-corrected chi connectivity index (χ4v) is 5.34. The Bertz CT molecular complexity index is 1100. The number of hydrogen-bond acceptors (Lipinski definition) is 6. The van der Waals surface area contributed by atoms with Crippen LogP contribution in [0.3, 0.4) is 0 Å². The molecule has 3 aromatic rings. The first-order valence-electron chi connectivity index (χ1n) is 8.79. The topological polar surface area (TPSA) is 72.0 Å². The number of aromatic nitrogens is 2. The summed E-state index contributed by atoms with van der Waals surface area (Å²) >= 11 is 8.62. The molecule has 5 nitrogen and oxygen atoms in total. The Hall–Kier alpha value is -2.09. The number of Topliss-reactive ketones (excluding diaryl/α,β-unsaturated/α-hetero) is 1. The van der Waals surface area contributed by atoms with E-state index in [0.717, 1.165) is 22.7 Å². The highest BCUT2D eigenvalue weighted by Gasteiger charge is 2.34. The van der Waals surface area contributed by atoms with Crippen molar-refractivity contribution in [1.29, 1.82) is 0 Å². The highest BCUT2D eigenvalue weighted by molar-refractivity contribution is 7.18. The van der Waals surface area contributed by atoms with Crippen LogP contribution in [0.15, 0.2) is 24.3 Å². The number of rotatable bonds is 3. The number of carbonyl (C=O) groups is 2. The molecule has 0 atom stereocenters. The lowest BCUT2D eigenvalue weighted by Gasteiger charge is -2.26. The number of fused-ring (bicyclic) bond motifs is 1. The molecule has 28 heavy (non-hydrogen) atoms. The minimum absolute atomic E-state index is 0.0977. The summed E-state index contributed by atoms with van der Waals surface area (Å²) in [5, 5.41) is 4.66. The number of benzene rings is 1. The third-order valence-corrected chi connectivity index (χ3v) is 7.03. The number of amides is 1. The van der Waals surface area contributed by atoms with Gasteiger partial charge in [0.15, 0.2) is 10.9 Å². The minimum Gasteiger partial charge on any atom is -0.297 e. The Morgan fingerprint density at radius 1 is 1.21 bits per heavy atom. The minimum atomic E-state index is -0.263. The van der Waals surface area contributed by atoms with Crippen LogP contribution in [0.25, 0.3) is 10.6 Å². The molecule has 2 heterocycles. The van der Waals surface area contributed by atoms with Gasteiger partial charge in [0.25, 0.3) is 5.91 Å². The summed E-state index contributed by atoms with van der Waals surface area (Å²) in [5.41, 5.74) is 2.20. The van der Waals surface area contributed by atoms with E-state index in [1.54, 1.807) is 13.0 Å². The zero-order chi connectivity index (χ0) is 20.1. The summed E-state index contributed by atoms with van der Waals surface area (Å²) in [7, 11) is 0. The molecule has 0 radical (unpaired) electrons. The molecule has 0 unspecified atom stereocenters. The lowest BCUT2D eigenvalue weighted by Crippen LogP contribution is -2.26. The molecule has 1 aliphatic rings. The van der Waals surface area contributed by atoms with Gasteiger partial charge in [0.2, 0.25) is 0 Å². The molecule has 1 N–H and O–H groups in total. The third-order valence-electron chi connectivity index (χ3n) is 4.53. The van der Waals surface area contributed by atoms with E-state index in [2.05, 4.69) is 29.1 Å². The second-order valence-electron chi connectivity index (χ2n) is 7.63. The van der Waals surface area contributed by atoms with E-state index < -0.39 is 0 Å². The third kappa shape index (κ3) is 3.74. The van der Waals surface area contributed by atoms with Crippen LogP contribution in [0.2, 0.25) is 5.02 Å². The highest BCUT2D eigenvalue weighted by atomic mass is 35.5. The van der Waals surface area contributed by atoms with Crippen LogP contribution in [0.4, 0.5) is 5.13 Å². The monoisotopic (exact) mass is 431 g/mol. The molecular weight excluding hydrogens is 414 g/mol.